The third-order valence-electron chi connectivity index (χ3n) is 3.93. The molecule has 0 saturated carbocycles. The summed E-state index contributed by atoms with van der Waals surface area (Å²) in [6.45, 7) is 6.90. The van der Waals surface area contributed by atoms with Gasteiger partial charge in [-0.25, -0.2) is 4.79 Å². The highest BCUT2D eigenvalue weighted by molar-refractivity contribution is 5.86. The lowest BCUT2D eigenvalue weighted by Crippen LogP contribution is -2.49. The molecule has 1 aliphatic rings. The summed E-state index contributed by atoms with van der Waals surface area (Å²) < 4.78 is 0. The van der Waals surface area contributed by atoms with Crippen LogP contribution in [0.3, 0.4) is 0 Å². The van der Waals surface area contributed by atoms with Crippen LogP contribution < -0.4 is 5.32 Å². The first kappa shape index (κ1) is 18.5. The van der Waals surface area contributed by atoms with E-state index in [2.05, 4.69) is 5.32 Å². The molecule has 0 aromatic carbocycles. The van der Waals surface area contributed by atoms with Crippen molar-refractivity contribution in [2.75, 3.05) is 13.1 Å². The zero-order chi connectivity index (χ0) is 16.7. The molecule has 1 rings (SSSR count). The highest BCUT2D eigenvalue weighted by Crippen LogP contribution is 2.18. The second-order valence-electron chi connectivity index (χ2n) is 6.46. The summed E-state index contributed by atoms with van der Waals surface area (Å²) in [7, 11) is 0. The highest BCUT2D eigenvalue weighted by Gasteiger charge is 2.30. The predicted octanol–water partition coefficient (Wildman–Crippen LogP) is 1.64. The lowest BCUT2D eigenvalue weighted by Gasteiger charge is -2.32. The molecule has 0 spiro atoms. The zero-order valence-electron chi connectivity index (χ0n) is 13.8. The smallest absolute Gasteiger partial charge is 0.326 e. The Bertz CT molecular complexity index is 409. The van der Waals surface area contributed by atoms with E-state index in [0.29, 0.717) is 32.4 Å². The van der Waals surface area contributed by atoms with E-state index in [9.17, 15) is 19.5 Å². The number of nitrogens with zero attached hydrogens (tertiary/aromatic N) is 1. The molecular formula is C16H28N2O4. The van der Waals surface area contributed by atoms with Crippen LogP contribution >= 0.6 is 0 Å². The van der Waals surface area contributed by atoms with E-state index in [1.807, 2.05) is 20.8 Å². The van der Waals surface area contributed by atoms with Gasteiger partial charge in [0.2, 0.25) is 11.8 Å². The number of aliphatic carboxylic acids is 1. The van der Waals surface area contributed by atoms with Gasteiger partial charge in [0.15, 0.2) is 0 Å². The van der Waals surface area contributed by atoms with Crippen LogP contribution in [0.4, 0.5) is 0 Å². The summed E-state index contributed by atoms with van der Waals surface area (Å²) in [6.07, 6.45) is 3.19. The summed E-state index contributed by atoms with van der Waals surface area (Å²) in [6, 6.07) is -0.853. The van der Waals surface area contributed by atoms with Gasteiger partial charge in [-0.15, -0.1) is 0 Å². The number of piperidine rings is 1. The molecule has 0 aromatic rings. The lowest BCUT2D eigenvalue weighted by molar-refractivity contribution is -0.144. The summed E-state index contributed by atoms with van der Waals surface area (Å²) in [4.78, 5) is 37.2. The molecule has 1 aliphatic heterocycles. The highest BCUT2D eigenvalue weighted by atomic mass is 16.4. The Kier molecular flexibility index (Phi) is 7.35. The first-order valence-electron chi connectivity index (χ1n) is 8.16. The minimum atomic E-state index is -1.00. The molecule has 0 bridgehead atoms. The normalized spacial score (nSPS) is 19.8. The Hall–Kier alpha value is -1.59. The molecule has 1 unspecified atom stereocenters. The first-order chi connectivity index (χ1) is 10.3. The largest absolute Gasteiger partial charge is 0.480 e. The average molecular weight is 312 g/mol. The van der Waals surface area contributed by atoms with E-state index >= 15 is 0 Å². The number of likely N-dealkylation sites (tertiary alicyclic amines) is 1. The molecular weight excluding hydrogens is 284 g/mol. The fourth-order valence-electron chi connectivity index (χ4n) is 2.77. The Balaban J connectivity index is 2.60. The van der Waals surface area contributed by atoms with Gasteiger partial charge in [0.05, 0.1) is 5.92 Å². The maximum atomic E-state index is 12.3. The Labute approximate surface area is 132 Å². The Morgan fingerprint density at radius 1 is 1.32 bits per heavy atom. The third kappa shape index (κ3) is 5.66. The maximum Gasteiger partial charge on any atom is 0.326 e. The second-order valence-corrected chi connectivity index (χ2v) is 6.46. The summed E-state index contributed by atoms with van der Waals surface area (Å²) in [5.41, 5.74) is 0. The van der Waals surface area contributed by atoms with Gasteiger partial charge in [0.1, 0.15) is 6.04 Å². The number of hydrogen-bond acceptors (Lipinski definition) is 3. The van der Waals surface area contributed by atoms with Crippen molar-refractivity contribution in [1.82, 2.24) is 10.2 Å². The molecule has 1 fully saturated rings. The summed E-state index contributed by atoms with van der Waals surface area (Å²) in [5, 5.41) is 11.8. The molecule has 2 amide bonds. The van der Waals surface area contributed by atoms with E-state index in [-0.39, 0.29) is 23.7 Å². The van der Waals surface area contributed by atoms with Crippen LogP contribution in [0.2, 0.25) is 0 Å². The van der Waals surface area contributed by atoms with Crippen molar-refractivity contribution in [3.05, 3.63) is 0 Å². The number of carbonyl (C=O) groups is 3. The maximum absolute atomic E-state index is 12.3. The molecule has 6 heteroatoms. The quantitative estimate of drug-likeness (QED) is 0.748. The minimum absolute atomic E-state index is 0.0805. The van der Waals surface area contributed by atoms with Crippen molar-refractivity contribution in [2.24, 2.45) is 11.8 Å². The van der Waals surface area contributed by atoms with Gasteiger partial charge in [0, 0.05) is 19.5 Å². The van der Waals surface area contributed by atoms with E-state index in [1.54, 1.807) is 4.90 Å². The van der Waals surface area contributed by atoms with Crippen molar-refractivity contribution in [2.45, 2.75) is 58.9 Å². The van der Waals surface area contributed by atoms with Crippen molar-refractivity contribution >= 4 is 17.8 Å². The van der Waals surface area contributed by atoms with Crippen LogP contribution in [0.15, 0.2) is 0 Å². The second kappa shape index (κ2) is 8.76. The van der Waals surface area contributed by atoms with Crippen molar-refractivity contribution in [3.63, 3.8) is 0 Å². The van der Waals surface area contributed by atoms with Crippen LogP contribution in [0, 0.1) is 11.8 Å². The number of amides is 2. The number of hydrogen-bond donors (Lipinski definition) is 2. The van der Waals surface area contributed by atoms with Gasteiger partial charge in [0.25, 0.3) is 0 Å². The van der Waals surface area contributed by atoms with E-state index in [4.69, 9.17) is 0 Å². The number of nitrogens with one attached hydrogen (secondary N) is 1. The molecule has 0 aliphatic carbocycles. The van der Waals surface area contributed by atoms with Crippen LogP contribution in [0.1, 0.15) is 52.9 Å². The van der Waals surface area contributed by atoms with Gasteiger partial charge in [-0.05, 0) is 31.6 Å². The van der Waals surface area contributed by atoms with Crippen LogP contribution in [0.25, 0.3) is 0 Å². The number of carboxylic acid groups (broad SMARTS) is 1. The Morgan fingerprint density at radius 3 is 2.55 bits per heavy atom. The van der Waals surface area contributed by atoms with Gasteiger partial charge >= 0.3 is 5.97 Å². The van der Waals surface area contributed by atoms with Gasteiger partial charge < -0.3 is 15.3 Å². The van der Waals surface area contributed by atoms with Crippen LogP contribution in [-0.4, -0.2) is 46.9 Å². The fraction of sp³-hybridized carbons (Fsp3) is 0.812. The molecule has 2 N–H and O–H groups in total. The first-order valence-corrected chi connectivity index (χ1v) is 8.16. The number of carboxylic acids is 1. The standard InChI is InChI=1S/C16H28N2O4/c1-4-6-14(19)18-8-5-7-12(10-18)15(20)17-13(16(21)22)9-11(2)3/h11-13H,4-10H2,1-3H3,(H,17,20)(H,21,22)/t12?,13-/m1/s1. The molecule has 6 nitrogen and oxygen atoms in total. The summed E-state index contributed by atoms with van der Waals surface area (Å²) >= 11 is 0. The topological polar surface area (TPSA) is 86.7 Å². The third-order valence-corrected chi connectivity index (χ3v) is 3.93. The van der Waals surface area contributed by atoms with Crippen molar-refractivity contribution < 1.29 is 19.5 Å². The fourth-order valence-corrected chi connectivity index (χ4v) is 2.77. The SMILES string of the molecule is CCCC(=O)N1CCCC(C(=O)N[C@H](CC(C)C)C(=O)O)C1. The molecule has 1 saturated heterocycles. The van der Waals surface area contributed by atoms with Crippen LogP contribution in [0.5, 0.6) is 0 Å². The van der Waals surface area contributed by atoms with Gasteiger partial charge in [-0.3, -0.25) is 9.59 Å². The summed E-state index contributed by atoms with van der Waals surface area (Å²) in [5.74, 6) is -1.28. The predicted molar refractivity (Wildman–Crippen MR) is 83.2 cm³/mol. The van der Waals surface area contributed by atoms with E-state index in [1.165, 1.54) is 0 Å². The van der Waals surface area contributed by atoms with E-state index in [0.717, 1.165) is 12.8 Å². The van der Waals surface area contributed by atoms with Crippen molar-refractivity contribution in [1.29, 1.82) is 0 Å². The molecule has 1 heterocycles. The lowest BCUT2D eigenvalue weighted by atomic mass is 9.95. The van der Waals surface area contributed by atoms with Crippen molar-refractivity contribution in [3.8, 4) is 0 Å². The van der Waals surface area contributed by atoms with Gasteiger partial charge in [-0.1, -0.05) is 20.8 Å². The molecule has 2 atom stereocenters. The number of carbonyl (C=O) groups excluding carboxylic acids is 2. The van der Waals surface area contributed by atoms with Crippen LogP contribution in [-0.2, 0) is 14.4 Å². The molecule has 0 aromatic heterocycles. The molecule has 0 radical (unpaired) electrons. The number of rotatable bonds is 7. The zero-order valence-corrected chi connectivity index (χ0v) is 13.8. The van der Waals surface area contributed by atoms with E-state index < -0.39 is 12.0 Å². The molecule has 126 valence electrons. The molecule has 22 heavy (non-hydrogen) atoms. The van der Waals surface area contributed by atoms with Gasteiger partial charge in [-0.2, -0.15) is 0 Å². The average Bonchev–Trinajstić information content (AvgIpc) is 2.46. The monoisotopic (exact) mass is 312 g/mol. The minimum Gasteiger partial charge on any atom is -0.480 e. The Morgan fingerprint density at radius 2 is 2.00 bits per heavy atom.